The predicted octanol–water partition coefficient (Wildman–Crippen LogP) is 6.24. The largest absolute Gasteiger partial charge is 0.469 e. The van der Waals surface area contributed by atoms with Gasteiger partial charge in [0.1, 0.15) is 5.00 Å². The molecule has 1 aromatic heterocycles. The molecule has 0 aliphatic carbocycles. The Hall–Kier alpha value is -2.99. The van der Waals surface area contributed by atoms with Gasteiger partial charge in [0.25, 0.3) is 0 Å². The number of methoxy groups -OCH3 is 1. The van der Waals surface area contributed by atoms with Crippen molar-refractivity contribution in [2.75, 3.05) is 25.1 Å². The van der Waals surface area contributed by atoms with Crippen LogP contribution in [-0.4, -0.2) is 26.2 Å². The fourth-order valence-electron chi connectivity index (χ4n) is 4.55. The third kappa shape index (κ3) is 4.12. The zero-order valence-corrected chi connectivity index (χ0v) is 18.5. The first-order valence-corrected chi connectivity index (χ1v) is 11.6. The Labute approximate surface area is 186 Å². The number of aryl methyl sites for hydroxylation is 2. The molecule has 3 heterocycles. The van der Waals surface area contributed by atoms with Gasteiger partial charge < -0.3 is 9.64 Å². The zero-order valence-electron chi connectivity index (χ0n) is 17.6. The van der Waals surface area contributed by atoms with Gasteiger partial charge >= 0.3 is 5.97 Å². The summed E-state index contributed by atoms with van der Waals surface area (Å²) in [6.07, 6.45) is 4.79. The van der Waals surface area contributed by atoms with Gasteiger partial charge in [-0.25, -0.2) is 0 Å². The van der Waals surface area contributed by atoms with Crippen LogP contribution in [0.2, 0.25) is 0 Å². The molecule has 5 rings (SSSR count). The molecule has 0 saturated heterocycles. The van der Waals surface area contributed by atoms with Crippen LogP contribution in [-0.2, 0) is 28.8 Å². The van der Waals surface area contributed by atoms with E-state index in [4.69, 9.17) is 4.74 Å². The molecule has 0 atom stereocenters. The maximum absolute atomic E-state index is 11.9. The van der Waals surface area contributed by atoms with Gasteiger partial charge in [-0.2, -0.15) is 0 Å². The van der Waals surface area contributed by atoms with Gasteiger partial charge in [-0.1, -0.05) is 30.3 Å². The van der Waals surface area contributed by atoms with Crippen molar-refractivity contribution in [3.8, 4) is 10.4 Å². The summed E-state index contributed by atoms with van der Waals surface area (Å²) in [5.74, 6) is -0.271. The number of ether oxygens (including phenoxy) is 1. The Morgan fingerprint density at radius 3 is 2.42 bits per heavy atom. The first-order valence-electron chi connectivity index (χ1n) is 10.8. The predicted molar refractivity (Wildman–Crippen MR) is 125 cm³/mol. The Bertz CT molecular complexity index is 1110. The molecular formula is C25H25N3O2S. The highest BCUT2D eigenvalue weighted by Crippen LogP contribution is 2.41. The molecule has 6 heteroatoms. The minimum atomic E-state index is -0.271. The van der Waals surface area contributed by atoms with E-state index in [1.54, 1.807) is 11.3 Å². The van der Waals surface area contributed by atoms with Crippen LogP contribution in [0.4, 0.5) is 16.4 Å². The topological polar surface area (TPSA) is 54.3 Å². The molecule has 31 heavy (non-hydrogen) atoms. The Morgan fingerprint density at radius 2 is 1.74 bits per heavy atom. The summed E-state index contributed by atoms with van der Waals surface area (Å²) in [7, 11) is 1.41. The minimum Gasteiger partial charge on any atom is -0.469 e. The number of hydrogen-bond donors (Lipinski definition) is 0. The summed E-state index contributed by atoms with van der Waals surface area (Å²) in [5, 5.41) is 9.96. The lowest BCUT2D eigenvalue weighted by Crippen LogP contribution is -2.34. The van der Waals surface area contributed by atoms with Crippen LogP contribution >= 0.6 is 11.3 Å². The molecular weight excluding hydrogens is 406 g/mol. The van der Waals surface area contributed by atoms with E-state index in [-0.39, 0.29) is 12.4 Å². The fraction of sp³-hybridized carbons (Fsp3) is 0.320. The third-order valence-corrected chi connectivity index (χ3v) is 7.09. The number of carbonyl (C=O) groups excluding carboxylic acids is 1. The van der Waals surface area contributed by atoms with Crippen LogP contribution in [0, 0.1) is 0 Å². The van der Waals surface area contributed by atoms with Gasteiger partial charge in [0.05, 0.1) is 19.2 Å². The van der Waals surface area contributed by atoms with Crippen LogP contribution in [0.15, 0.2) is 58.8 Å². The summed E-state index contributed by atoms with van der Waals surface area (Å²) in [4.78, 5) is 15.5. The molecule has 0 amide bonds. The van der Waals surface area contributed by atoms with E-state index in [0.29, 0.717) is 0 Å². The van der Waals surface area contributed by atoms with E-state index < -0.39 is 0 Å². The summed E-state index contributed by atoms with van der Waals surface area (Å²) in [5.41, 5.74) is 7.08. The molecule has 0 fully saturated rings. The van der Waals surface area contributed by atoms with Gasteiger partial charge in [0, 0.05) is 29.2 Å². The lowest BCUT2D eigenvalue weighted by molar-refractivity contribution is -0.139. The molecule has 2 aliphatic rings. The Balaban J connectivity index is 1.49. The first kappa shape index (κ1) is 19.9. The van der Waals surface area contributed by atoms with E-state index in [2.05, 4.69) is 39.4 Å². The second kappa shape index (κ2) is 8.63. The second-order valence-electron chi connectivity index (χ2n) is 8.07. The normalized spacial score (nSPS) is 15.2. The zero-order chi connectivity index (χ0) is 21.2. The highest BCUT2D eigenvalue weighted by molar-refractivity contribution is 7.19. The van der Waals surface area contributed by atoms with E-state index in [9.17, 15) is 4.79 Å². The SMILES string of the molecule is COC(=O)Cc1cc(-c2ccccc2)sc1N=Nc1cc2c3c(c1)CCCN3CCC2. The summed E-state index contributed by atoms with van der Waals surface area (Å²) in [6, 6.07) is 16.5. The molecule has 0 N–H and O–H groups in total. The van der Waals surface area contributed by atoms with Crippen LogP contribution in [0.3, 0.4) is 0 Å². The molecule has 0 radical (unpaired) electrons. The van der Waals surface area contributed by atoms with Crippen molar-refractivity contribution in [3.63, 3.8) is 0 Å². The summed E-state index contributed by atoms with van der Waals surface area (Å²) >= 11 is 1.56. The molecule has 158 valence electrons. The number of benzene rings is 2. The average molecular weight is 432 g/mol. The molecule has 0 saturated carbocycles. The molecule has 5 nitrogen and oxygen atoms in total. The summed E-state index contributed by atoms with van der Waals surface area (Å²) in [6.45, 7) is 2.32. The number of thiophene rings is 1. The highest BCUT2D eigenvalue weighted by Gasteiger charge is 2.24. The van der Waals surface area contributed by atoms with E-state index in [1.807, 2.05) is 24.3 Å². The van der Waals surface area contributed by atoms with Gasteiger partial charge in [0.2, 0.25) is 0 Å². The van der Waals surface area contributed by atoms with Crippen molar-refractivity contribution in [1.82, 2.24) is 0 Å². The quantitative estimate of drug-likeness (QED) is 0.355. The first-order chi connectivity index (χ1) is 15.2. The number of nitrogens with zero attached hydrogens (tertiary/aromatic N) is 3. The molecule has 0 spiro atoms. The molecule has 2 aromatic carbocycles. The van der Waals surface area contributed by atoms with Crippen LogP contribution < -0.4 is 4.90 Å². The fourth-order valence-corrected chi connectivity index (χ4v) is 5.56. The standard InChI is InChI=1S/C25H25N3O2S/c1-30-23(29)16-20-15-22(17-7-3-2-4-8-17)31-25(20)27-26-21-13-18-9-5-11-28-12-6-10-19(14-21)24(18)28/h2-4,7-8,13-15H,5-6,9-12,16H2,1H3. The van der Waals surface area contributed by atoms with Crippen LogP contribution in [0.1, 0.15) is 29.5 Å². The van der Waals surface area contributed by atoms with E-state index in [1.165, 1.54) is 36.8 Å². The highest BCUT2D eigenvalue weighted by atomic mass is 32.1. The van der Waals surface area contributed by atoms with Crippen molar-refractivity contribution in [1.29, 1.82) is 0 Å². The van der Waals surface area contributed by atoms with Crippen molar-refractivity contribution in [3.05, 3.63) is 65.2 Å². The van der Waals surface area contributed by atoms with E-state index >= 15 is 0 Å². The van der Waals surface area contributed by atoms with E-state index in [0.717, 1.165) is 52.6 Å². The Morgan fingerprint density at radius 1 is 1.03 bits per heavy atom. The van der Waals surface area contributed by atoms with Crippen molar-refractivity contribution in [2.45, 2.75) is 32.1 Å². The third-order valence-electron chi connectivity index (χ3n) is 5.98. The lowest BCUT2D eigenvalue weighted by Gasteiger charge is -2.36. The molecule has 0 bridgehead atoms. The molecule has 3 aromatic rings. The second-order valence-corrected chi connectivity index (χ2v) is 9.10. The number of carbonyl (C=O) groups is 1. The van der Waals surface area contributed by atoms with Gasteiger partial charge in [0.15, 0.2) is 0 Å². The average Bonchev–Trinajstić information content (AvgIpc) is 3.21. The number of rotatable bonds is 5. The number of anilines is 1. The van der Waals surface area contributed by atoms with Gasteiger partial charge in [-0.15, -0.1) is 21.6 Å². The summed E-state index contributed by atoms with van der Waals surface area (Å²) < 4.78 is 4.88. The minimum absolute atomic E-state index is 0.193. The number of hydrogen-bond acceptors (Lipinski definition) is 6. The number of azo groups is 1. The van der Waals surface area contributed by atoms with Gasteiger partial charge in [-0.3, -0.25) is 4.79 Å². The smallest absolute Gasteiger partial charge is 0.310 e. The van der Waals surface area contributed by atoms with Gasteiger partial charge in [-0.05, 0) is 60.6 Å². The Kier molecular flexibility index (Phi) is 5.55. The monoisotopic (exact) mass is 431 g/mol. The maximum Gasteiger partial charge on any atom is 0.310 e. The van der Waals surface area contributed by atoms with Crippen molar-refractivity contribution >= 4 is 33.7 Å². The van der Waals surface area contributed by atoms with Crippen LogP contribution in [0.25, 0.3) is 10.4 Å². The lowest BCUT2D eigenvalue weighted by atomic mass is 9.91. The number of esters is 1. The van der Waals surface area contributed by atoms with Crippen LogP contribution in [0.5, 0.6) is 0 Å². The molecule has 2 aliphatic heterocycles. The maximum atomic E-state index is 11.9. The molecule has 0 unspecified atom stereocenters. The van der Waals surface area contributed by atoms with Crippen molar-refractivity contribution < 1.29 is 9.53 Å². The van der Waals surface area contributed by atoms with Crippen molar-refractivity contribution in [2.24, 2.45) is 10.2 Å².